The van der Waals surface area contributed by atoms with Crippen LogP contribution in [0.4, 0.5) is 4.39 Å². The molecule has 5 nitrogen and oxygen atoms in total. The van der Waals surface area contributed by atoms with Crippen molar-refractivity contribution in [3.05, 3.63) is 81.9 Å². The van der Waals surface area contributed by atoms with Gasteiger partial charge in [-0.2, -0.15) is 0 Å². The van der Waals surface area contributed by atoms with Crippen LogP contribution in [-0.2, 0) is 7.05 Å². The molecule has 4 rings (SSSR count). The highest BCUT2D eigenvalue weighted by molar-refractivity contribution is 5.89. The summed E-state index contributed by atoms with van der Waals surface area (Å²) in [5, 5.41) is 10.9. The Labute approximate surface area is 180 Å². The summed E-state index contributed by atoms with van der Waals surface area (Å²) in [6, 6.07) is 10.7. The van der Waals surface area contributed by atoms with Crippen molar-refractivity contribution in [2.45, 2.75) is 39.7 Å². The van der Waals surface area contributed by atoms with E-state index in [4.69, 9.17) is 0 Å². The average Bonchev–Trinajstić information content (AvgIpc) is 3.10. The van der Waals surface area contributed by atoms with Gasteiger partial charge in [-0.05, 0) is 54.5 Å². The summed E-state index contributed by atoms with van der Waals surface area (Å²) >= 11 is 0. The Morgan fingerprint density at radius 2 is 1.77 bits per heavy atom. The van der Waals surface area contributed by atoms with E-state index in [9.17, 15) is 9.90 Å². The highest BCUT2D eigenvalue weighted by atomic mass is 19.1. The van der Waals surface area contributed by atoms with Crippen molar-refractivity contribution in [2.24, 2.45) is 7.05 Å². The molecule has 0 unspecified atom stereocenters. The monoisotopic (exact) mass is 419 g/mol. The quantitative estimate of drug-likeness (QED) is 0.506. The van der Waals surface area contributed by atoms with Crippen LogP contribution >= 0.6 is 0 Å². The molecule has 0 saturated heterocycles. The van der Waals surface area contributed by atoms with Crippen LogP contribution in [0.1, 0.15) is 49.7 Å². The van der Waals surface area contributed by atoms with Gasteiger partial charge in [-0.1, -0.05) is 32.0 Å². The van der Waals surface area contributed by atoms with Crippen LogP contribution in [0.5, 0.6) is 0 Å². The molecule has 0 fully saturated rings. The van der Waals surface area contributed by atoms with Crippen LogP contribution in [0.25, 0.3) is 27.7 Å². The van der Waals surface area contributed by atoms with Gasteiger partial charge in [0.2, 0.25) is 0 Å². The van der Waals surface area contributed by atoms with Crippen molar-refractivity contribution in [3.63, 3.8) is 0 Å². The molecular weight excluding hydrogens is 393 g/mol. The number of hydrogen-bond donors (Lipinski definition) is 1. The number of aromatic nitrogens is 3. The van der Waals surface area contributed by atoms with E-state index in [0.717, 1.165) is 16.8 Å². The van der Waals surface area contributed by atoms with Gasteiger partial charge in [0, 0.05) is 25.0 Å². The van der Waals surface area contributed by atoms with Gasteiger partial charge in [0.15, 0.2) is 0 Å². The number of aliphatic hydroxyl groups is 1. The molecule has 31 heavy (non-hydrogen) atoms. The summed E-state index contributed by atoms with van der Waals surface area (Å²) in [6.07, 6.45) is 2.78. The van der Waals surface area contributed by atoms with Crippen molar-refractivity contribution in [1.82, 2.24) is 14.1 Å². The van der Waals surface area contributed by atoms with E-state index < -0.39 is 11.9 Å². The van der Waals surface area contributed by atoms with Crippen molar-refractivity contribution in [1.29, 1.82) is 0 Å². The van der Waals surface area contributed by atoms with Crippen LogP contribution < -0.4 is 5.56 Å². The number of hydrogen-bond acceptors (Lipinski definition) is 3. The Balaban J connectivity index is 2.02. The van der Waals surface area contributed by atoms with E-state index in [-0.39, 0.29) is 11.5 Å². The minimum Gasteiger partial charge on any atom is -0.385 e. The molecule has 0 aliphatic carbocycles. The Morgan fingerprint density at radius 3 is 2.39 bits per heavy atom. The van der Waals surface area contributed by atoms with Gasteiger partial charge in [-0.15, -0.1) is 0 Å². The first-order valence-corrected chi connectivity index (χ1v) is 10.4. The number of nitrogens with zero attached hydrogens (tertiary/aromatic N) is 3. The third-order valence-electron chi connectivity index (χ3n) is 5.69. The summed E-state index contributed by atoms with van der Waals surface area (Å²) in [5.74, 6) is 0.0547. The molecule has 0 radical (unpaired) electrons. The van der Waals surface area contributed by atoms with Crippen molar-refractivity contribution in [2.75, 3.05) is 0 Å². The molecule has 2 aromatic carbocycles. The van der Waals surface area contributed by atoms with Crippen LogP contribution in [0.15, 0.2) is 53.6 Å². The molecule has 0 saturated carbocycles. The number of benzene rings is 2. The fraction of sp³-hybridized carbons (Fsp3) is 0.280. The number of rotatable bonds is 4. The molecule has 0 amide bonds. The van der Waals surface area contributed by atoms with Crippen LogP contribution in [0.2, 0.25) is 0 Å². The second-order valence-electron chi connectivity index (χ2n) is 8.35. The zero-order chi connectivity index (χ0) is 22.4. The van der Waals surface area contributed by atoms with Gasteiger partial charge >= 0.3 is 0 Å². The van der Waals surface area contributed by atoms with E-state index in [1.54, 1.807) is 35.4 Å². The van der Waals surface area contributed by atoms with Gasteiger partial charge in [-0.3, -0.25) is 9.36 Å². The SMILES string of the molecule is Cc1ccccc1-n1cc(C(C)C)c2cc(-c3cn(C)c([C@H](C)O)n3)c(F)cc2c1=O. The van der Waals surface area contributed by atoms with E-state index in [1.165, 1.54) is 6.07 Å². The van der Waals surface area contributed by atoms with Gasteiger partial charge in [0.05, 0.1) is 16.8 Å². The highest BCUT2D eigenvalue weighted by Crippen LogP contribution is 2.32. The number of fused-ring (bicyclic) bond motifs is 1. The van der Waals surface area contributed by atoms with E-state index in [0.29, 0.717) is 27.9 Å². The predicted molar refractivity (Wildman–Crippen MR) is 121 cm³/mol. The van der Waals surface area contributed by atoms with Crippen molar-refractivity contribution < 1.29 is 9.50 Å². The maximum absolute atomic E-state index is 15.2. The Kier molecular flexibility index (Phi) is 5.27. The first-order chi connectivity index (χ1) is 14.7. The minimum atomic E-state index is -0.769. The standard InChI is InChI=1S/C25H26FN3O2/c1-14(2)20-12-29(23-9-7-6-8-15(23)3)25(31)18-11-21(26)19(10-17(18)20)22-13-28(5)24(27-22)16(4)30/h6-14,16,30H,1-5H3/t16-/m0/s1. The molecule has 160 valence electrons. The van der Waals surface area contributed by atoms with Crippen LogP contribution in [-0.4, -0.2) is 19.2 Å². The summed E-state index contributed by atoms with van der Waals surface area (Å²) < 4.78 is 18.5. The number of halogens is 1. The molecule has 2 aromatic heterocycles. The Morgan fingerprint density at radius 1 is 1.06 bits per heavy atom. The summed E-state index contributed by atoms with van der Waals surface area (Å²) in [7, 11) is 1.76. The molecule has 1 atom stereocenters. The minimum absolute atomic E-state index is 0.119. The molecular formula is C25H26FN3O2. The molecule has 0 spiro atoms. The lowest BCUT2D eigenvalue weighted by atomic mass is 9.95. The summed E-state index contributed by atoms with van der Waals surface area (Å²) in [4.78, 5) is 17.8. The Bertz CT molecular complexity index is 1350. The van der Waals surface area contributed by atoms with E-state index in [1.807, 2.05) is 37.4 Å². The first kappa shape index (κ1) is 21.0. The number of pyridine rings is 1. The van der Waals surface area contributed by atoms with E-state index in [2.05, 4.69) is 18.8 Å². The molecule has 0 aliphatic rings. The zero-order valence-electron chi connectivity index (χ0n) is 18.3. The van der Waals surface area contributed by atoms with Gasteiger partial charge in [0.25, 0.3) is 5.56 Å². The number of imidazole rings is 1. The molecule has 0 aliphatic heterocycles. The highest BCUT2D eigenvalue weighted by Gasteiger charge is 2.19. The smallest absolute Gasteiger partial charge is 0.263 e. The van der Waals surface area contributed by atoms with Crippen molar-refractivity contribution in [3.8, 4) is 16.9 Å². The lowest BCUT2D eigenvalue weighted by Gasteiger charge is -2.17. The number of aryl methyl sites for hydroxylation is 2. The number of aliphatic hydroxyl groups excluding tert-OH is 1. The normalized spacial score (nSPS) is 12.6. The lowest BCUT2D eigenvalue weighted by molar-refractivity contribution is 0.185. The van der Waals surface area contributed by atoms with Gasteiger partial charge in [0.1, 0.15) is 17.7 Å². The second kappa shape index (κ2) is 7.78. The maximum Gasteiger partial charge on any atom is 0.263 e. The lowest BCUT2D eigenvalue weighted by Crippen LogP contribution is -2.20. The van der Waals surface area contributed by atoms with Crippen LogP contribution in [0.3, 0.4) is 0 Å². The third kappa shape index (κ3) is 3.57. The zero-order valence-corrected chi connectivity index (χ0v) is 18.3. The fourth-order valence-corrected chi connectivity index (χ4v) is 4.05. The molecule has 1 N–H and O–H groups in total. The summed E-state index contributed by atoms with van der Waals surface area (Å²) in [6.45, 7) is 7.67. The van der Waals surface area contributed by atoms with Crippen LogP contribution in [0, 0.1) is 12.7 Å². The molecule has 6 heteroatoms. The van der Waals surface area contributed by atoms with Gasteiger partial charge < -0.3 is 9.67 Å². The topological polar surface area (TPSA) is 60.1 Å². The molecule has 0 bridgehead atoms. The maximum atomic E-state index is 15.2. The predicted octanol–water partition coefficient (Wildman–Crippen LogP) is 5.02. The average molecular weight is 420 g/mol. The molecule has 4 aromatic rings. The van der Waals surface area contributed by atoms with Gasteiger partial charge in [-0.25, -0.2) is 9.37 Å². The fourth-order valence-electron chi connectivity index (χ4n) is 4.05. The second-order valence-corrected chi connectivity index (χ2v) is 8.35. The third-order valence-corrected chi connectivity index (χ3v) is 5.69. The first-order valence-electron chi connectivity index (χ1n) is 10.4. The largest absolute Gasteiger partial charge is 0.385 e. The van der Waals surface area contributed by atoms with E-state index >= 15 is 4.39 Å². The van der Waals surface area contributed by atoms with Crippen molar-refractivity contribution >= 4 is 10.8 Å². The Hall–Kier alpha value is -3.25. The molecule has 2 heterocycles. The summed E-state index contributed by atoms with van der Waals surface area (Å²) in [5.41, 5.74) is 3.18. The number of para-hydroxylation sites is 1.